The summed E-state index contributed by atoms with van der Waals surface area (Å²) in [4.78, 5) is 0. The van der Waals surface area contributed by atoms with Crippen molar-refractivity contribution < 1.29 is 0 Å². The second-order valence-electron chi connectivity index (χ2n) is 4.32. The van der Waals surface area contributed by atoms with E-state index in [9.17, 15) is 0 Å². The maximum atomic E-state index is 2.35. The van der Waals surface area contributed by atoms with Crippen molar-refractivity contribution in [2.75, 3.05) is 11.5 Å². The maximum Gasteiger partial charge on any atom is -0.00104 e. The van der Waals surface area contributed by atoms with E-state index in [1.54, 1.807) is 12.8 Å². The SMILES string of the molecule is CCC1CCC2(CCSC2)C1. The Morgan fingerprint density at radius 2 is 2.36 bits per heavy atom. The lowest BCUT2D eigenvalue weighted by atomic mass is 9.85. The maximum absolute atomic E-state index is 2.35. The summed E-state index contributed by atoms with van der Waals surface area (Å²) in [5, 5.41) is 0. The van der Waals surface area contributed by atoms with Gasteiger partial charge in [-0.3, -0.25) is 0 Å². The highest BCUT2D eigenvalue weighted by Crippen LogP contribution is 2.51. The summed E-state index contributed by atoms with van der Waals surface area (Å²) in [6, 6.07) is 0. The van der Waals surface area contributed by atoms with Crippen LogP contribution in [-0.2, 0) is 0 Å². The van der Waals surface area contributed by atoms with Gasteiger partial charge in [0, 0.05) is 0 Å². The molecule has 1 heteroatoms. The Morgan fingerprint density at radius 3 is 2.91 bits per heavy atom. The molecule has 11 heavy (non-hydrogen) atoms. The number of rotatable bonds is 1. The average molecular weight is 170 g/mol. The van der Waals surface area contributed by atoms with Gasteiger partial charge in [0.25, 0.3) is 0 Å². The van der Waals surface area contributed by atoms with E-state index in [-0.39, 0.29) is 0 Å². The summed E-state index contributed by atoms with van der Waals surface area (Å²) in [6.45, 7) is 2.35. The second-order valence-corrected chi connectivity index (χ2v) is 5.42. The molecule has 2 rings (SSSR count). The van der Waals surface area contributed by atoms with Gasteiger partial charge in [-0.2, -0.15) is 11.8 Å². The van der Waals surface area contributed by atoms with Crippen molar-refractivity contribution in [2.24, 2.45) is 11.3 Å². The number of hydrogen-bond acceptors (Lipinski definition) is 1. The lowest BCUT2D eigenvalue weighted by Crippen LogP contribution is -2.15. The molecule has 0 bridgehead atoms. The van der Waals surface area contributed by atoms with E-state index in [4.69, 9.17) is 0 Å². The van der Waals surface area contributed by atoms with Crippen molar-refractivity contribution in [3.8, 4) is 0 Å². The molecule has 0 aromatic carbocycles. The first-order valence-corrected chi connectivity index (χ1v) is 6.08. The lowest BCUT2D eigenvalue weighted by molar-refractivity contribution is 0.330. The van der Waals surface area contributed by atoms with Gasteiger partial charge in [0.15, 0.2) is 0 Å². The van der Waals surface area contributed by atoms with E-state index in [1.165, 1.54) is 30.8 Å². The summed E-state index contributed by atoms with van der Waals surface area (Å²) in [6.07, 6.45) is 7.56. The molecule has 0 amide bonds. The van der Waals surface area contributed by atoms with Crippen LogP contribution in [-0.4, -0.2) is 11.5 Å². The van der Waals surface area contributed by atoms with Gasteiger partial charge >= 0.3 is 0 Å². The van der Waals surface area contributed by atoms with Crippen molar-refractivity contribution in [3.05, 3.63) is 0 Å². The van der Waals surface area contributed by atoms with Gasteiger partial charge in [-0.25, -0.2) is 0 Å². The lowest BCUT2D eigenvalue weighted by Gasteiger charge is -2.21. The molecule has 1 spiro atoms. The van der Waals surface area contributed by atoms with Gasteiger partial charge in [-0.05, 0) is 48.5 Å². The first-order chi connectivity index (χ1) is 5.35. The molecule has 1 saturated heterocycles. The van der Waals surface area contributed by atoms with Gasteiger partial charge in [-0.15, -0.1) is 0 Å². The third-order valence-electron chi connectivity index (χ3n) is 3.57. The van der Waals surface area contributed by atoms with Crippen molar-refractivity contribution in [1.82, 2.24) is 0 Å². The standard InChI is InChI=1S/C10H18S/c1-2-9-3-4-10(7-9)5-6-11-8-10/h9H,2-8H2,1H3. The molecule has 0 radical (unpaired) electrons. The molecule has 0 nitrogen and oxygen atoms in total. The van der Waals surface area contributed by atoms with Crippen LogP contribution in [0.1, 0.15) is 39.0 Å². The van der Waals surface area contributed by atoms with Crippen LogP contribution in [0.3, 0.4) is 0 Å². The van der Waals surface area contributed by atoms with Crippen LogP contribution >= 0.6 is 11.8 Å². The first kappa shape index (κ1) is 7.97. The van der Waals surface area contributed by atoms with Crippen molar-refractivity contribution >= 4 is 11.8 Å². The highest BCUT2D eigenvalue weighted by atomic mass is 32.2. The van der Waals surface area contributed by atoms with E-state index < -0.39 is 0 Å². The largest absolute Gasteiger partial charge is 0.161 e. The van der Waals surface area contributed by atoms with Crippen LogP contribution in [0.25, 0.3) is 0 Å². The third-order valence-corrected chi connectivity index (χ3v) is 4.88. The Labute approximate surface area is 74.1 Å². The smallest absolute Gasteiger partial charge is 0.00104 e. The Morgan fingerprint density at radius 1 is 1.45 bits per heavy atom. The predicted molar refractivity (Wildman–Crippen MR) is 52.0 cm³/mol. The first-order valence-electron chi connectivity index (χ1n) is 4.92. The molecule has 2 unspecified atom stereocenters. The number of thioether (sulfide) groups is 1. The fraction of sp³-hybridized carbons (Fsp3) is 1.00. The number of hydrogen-bond donors (Lipinski definition) is 0. The molecule has 2 fully saturated rings. The summed E-state index contributed by atoms with van der Waals surface area (Å²) in [7, 11) is 0. The molecule has 1 aliphatic carbocycles. The van der Waals surface area contributed by atoms with Crippen LogP contribution < -0.4 is 0 Å². The van der Waals surface area contributed by atoms with E-state index in [1.807, 2.05) is 0 Å². The van der Waals surface area contributed by atoms with Gasteiger partial charge < -0.3 is 0 Å². The Bertz CT molecular complexity index is 136. The van der Waals surface area contributed by atoms with Gasteiger partial charge in [0.05, 0.1) is 0 Å². The van der Waals surface area contributed by atoms with Crippen molar-refractivity contribution in [2.45, 2.75) is 39.0 Å². The van der Waals surface area contributed by atoms with Crippen LogP contribution in [0, 0.1) is 11.3 Å². The van der Waals surface area contributed by atoms with Gasteiger partial charge in [0.1, 0.15) is 0 Å². The molecule has 1 heterocycles. The predicted octanol–water partition coefficient (Wildman–Crippen LogP) is 3.32. The molecule has 2 aliphatic rings. The second kappa shape index (κ2) is 3.01. The molecule has 0 aromatic heterocycles. The van der Waals surface area contributed by atoms with E-state index in [2.05, 4.69) is 18.7 Å². The van der Waals surface area contributed by atoms with Crippen LogP contribution in [0.15, 0.2) is 0 Å². The van der Waals surface area contributed by atoms with E-state index >= 15 is 0 Å². The van der Waals surface area contributed by atoms with E-state index in [0.717, 1.165) is 11.3 Å². The molecule has 1 aliphatic heterocycles. The normalized spacial score (nSPS) is 43.9. The quantitative estimate of drug-likeness (QED) is 0.582. The average Bonchev–Trinajstić information content (AvgIpc) is 2.62. The molecule has 0 N–H and O–H groups in total. The monoisotopic (exact) mass is 170 g/mol. The van der Waals surface area contributed by atoms with Crippen molar-refractivity contribution in [3.63, 3.8) is 0 Å². The fourth-order valence-electron chi connectivity index (χ4n) is 2.68. The minimum atomic E-state index is 0.825. The molecule has 1 saturated carbocycles. The van der Waals surface area contributed by atoms with Crippen LogP contribution in [0.5, 0.6) is 0 Å². The Balaban J connectivity index is 1.96. The molecular formula is C10H18S. The van der Waals surface area contributed by atoms with Crippen LogP contribution in [0.2, 0.25) is 0 Å². The minimum absolute atomic E-state index is 0.825. The molecular weight excluding hydrogens is 152 g/mol. The summed E-state index contributed by atoms with van der Waals surface area (Å²) in [5.74, 6) is 3.99. The van der Waals surface area contributed by atoms with Gasteiger partial charge in [0.2, 0.25) is 0 Å². The minimum Gasteiger partial charge on any atom is -0.161 e. The molecule has 64 valence electrons. The Kier molecular flexibility index (Phi) is 2.18. The summed E-state index contributed by atoms with van der Waals surface area (Å²) < 4.78 is 0. The zero-order valence-corrected chi connectivity index (χ0v) is 8.25. The van der Waals surface area contributed by atoms with Crippen LogP contribution in [0.4, 0.5) is 0 Å². The highest BCUT2D eigenvalue weighted by Gasteiger charge is 2.40. The zero-order chi connectivity index (χ0) is 7.73. The highest BCUT2D eigenvalue weighted by molar-refractivity contribution is 7.99. The van der Waals surface area contributed by atoms with E-state index in [0.29, 0.717) is 0 Å². The zero-order valence-electron chi connectivity index (χ0n) is 7.44. The third kappa shape index (κ3) is 1.44. The fourth-order valence-corrected chi connectivity index (χ4v) is 4.24. The van der Waals surface area contributed by atoms with Crippen molar-refractivity contribution in [1.29, 1.82) is 0 Å². The topological polar surface area (TPSA) is 0 Å². The summed E-state index contributed by atoms with van der Waals surface area (Å²) in [5.41, 5.74) is 0.825. The summed E-state index contributed by atoms with van der Waals surface area (Å²) >= 11 is 2.18. The van der Waals surface area contributed by atoms with Gasteiger partial charge in [-0.1, -0.05) is 13.3 Å². The molecule has 0 aromatic rings. The molecule has 2 atom stereocenters. The Hall–Kier alpha value is 0.350.